The van der Waals surface area contributed by atoms with Gasteiger partial charge < -0.3 is 11.1 Å². The van der Waals surface area contributed by atoms with E-state index in [2.05, 4.69) is 10.0 Å². The number of nitrogens with one attached hydrogen (secondary N) is 2. The summed E-state index contributed by atoms with van der Waals surface area (Å²) in [7, 11) is -3.54. The van der Waals surface area contributed by atoms with E-state index in [9.17, 15) is 13.2 Å². The lowest BCUT2D eigenvalue weighted by Gasteiger charge is -2.29. The van der Waals surface area contributed by atoms with E-state index in [1.807, 2.05) is 20.8 Å². The number of carbonyl (C=O) groups excluding carboxylic acids is 1. The molecule has 8 heteroatoms. The maximum Gasteiger partial charge on any atom is 0.251 e. The Bertz CT molecular complexity index is 688. The molecule has 25 heavy (non-hydrogen) atoms. The van der Waals surface area contributed by atoms with Crippen molar-refractivity contribution in [1.29, 1.82) is 0 Å². The number of nitrogens with two attached hydrogens (primary N) is 1. The molecule has 6 nitrogen and oxygen atoms in total. The van der Waals surface area contributed by atoms with Crippen molar-refractivity contribution < 1.29 is 13.2 Å². The van der Waals surface area contributed by atoms with Crippen LogP contribution in [0.3, 0.4) is 0 Å². The molecule has 1 saturated carbocycles. The minimum Gasteiger partial charge on any atom is -0.345 e. The third-order valence-corrected chi connectivity index (χ3v) is 5.85. The van der Waals surface area contributed by atoms with Gasteiger partial charge in [-0.3, -0.25) is 4.79 Å². The first-order chi connectivity index (χ1) is 11.2. The fourth-order valence-corrected chi connectivity index (χ4v) is 3.73. The van der Waals surface area contributed by atoms with Gasteiger partial charge in [0.25, 0.3) is 5.91 Å². The second-order valence-corrected chi connectivity index (χ2v) is 8.89. The highest BCUT2D eigenvalue weighted by Crippen LogP contribution is 2.39. The van der Waals surface area contributed by atoms with Gasteiger partial charge in [0.15, 0.2) is 0 Å². The number of hydrogen-bond acceptors (Lipinski definition) is 4. The average molecular weight is 390 g/mol. The SMILES string of the molecule is CC(C)CNS(=O)(=O)c1ccc(C(=O)NC(C)(CN)C2CC2)cc1.Cl. The summed E-state index contributed by atoms with van der Waals surface area (Å²) >= 11 is 0. The van der Waals surface area contributed by atoms with Crippen LogP contribution >= 0.6 is 12.4 Å². The number of hydrogen-bond donors (Lipinski definition) is 3. The van der Waals surface area contributed by atoms with Crippen molar-refractivity contribution >= 4 is 28.3 Å². The van der Waals surface area contributed by atoms with Gasteiger partial charge in [-0.05, 0) is 55.9 Å². The molecule has 1 aliphatic rings. The number of sulfonamides is 1. The van der Waals surface area contributed by atoms with Crippen LogP contribution in [-0.2, 0) is 10.0 Å². The summed E-state index contributed by atoms with van der Waals surface area (Å²) in [6, 6.07) is 5.97. The fourth-order valence-electron chi connectivity index (χ4n) is 2.52. The van der Waals surface area contributed by atoms with Gasteiger partial charge in [0, 0.05) is 18.7 Å². The lowest BCUT2D eigenvalue weighted by Crippen LogP contribution is -2.53. The van der Waals surface area contributed by atoms with Crippen LogP contribution in [0.5, 0.6) is 0 Å². The molecule has 4 N–H and O–H groups in total. The Labute approximate surface area is 156 Å². The van der Waals surface area contributed by atoms with Crippen LogP contribution < -0.4 is 15.8 Å². The lowest BCUT2D eigenvalue weighted by molar-refractivity contribution is 0.0897. The fraction of sp³-hybridized carbons (Fsp3) is 0.588. The topological polar surface area (TPSA) is 101 Å². The second-order valence-electron chi connectivity index (χ2n) is 7.12. The summed E-state index contributed by atoms with van der Waals surface area (Å²) in [5, 5.41) is 2.99. The van der Waals surface area contributed by atoms with Gasteiger partial charge in [0.05, 0.1) is 10.4 Å². The van der Waals surface area contributed by atoms with Crippen molar-refractivity contribution in [3.8, 4) is 0 Å². The van der Waals surface area contributed by atoms with E-state index >= 15 is 0 Å². The molecule has 0 spiro atoms. The van der Waals surface area contributed by atoms with E-state index in [0.29, 0.717) is 24.6 Å². The average Bonchev–Trinajstić information content (AvgIpc) is 3.38. The van der Waals surface area contributed by atoms with Crippen LogP contribution in [0.25, 0.3) is 0 Å². The van der Waals surface area contributed by atoms with Crippen LogP contribution in [0.2, 0.25) is 0 Å². The van der Waals surface area contributed by atoms with E-state index < -0.39 is 15.6 Å². The summed E-state index contributed by atoms with van der Waals surface area (Å²) in [5.74, 6) is 0.418. The van der Waals surface area contributed by atoms with Gasteiger partial charge in [-0.25, -0.2) is 13.1 Å². The minimum atomic E-state index is -3.54. The molecule has 0 radical (unpaired) electrons. The van der Waals surface area contributed by atoms with E-state index in [1.54, 1.807) is 0 Å². The molecule has 142 valence electrons. The van der Waals surface area contributed by atoms with Gasteiger partial charge in [-0.15, -0.1) is 12.4 Å². The molecule has 0 aliphatic heterocycles. The summed E-state index contributed by atoms with van der Waals surface area (Å²) in [6.07, 6.45) is 2.15. The summed E-state index contributed by atoms with van der Waals surface area (Å²) in [5.41, 5.74) is 5.84. The zero-order chi connectivity index (χ0) is 18.0. The Hall–Kier alpha value is -1.15. The zero-order valence-electron chi connectivity index (χ0n) is 14.9. The maximum atomic E-state index is 12.4. The van der Waals surface area contributed by atoms with Crippen LogP contribution in [0, 0.1) is 11.8 Å². The predicted octanol–water partition coefficient (Wildman–Crippen LogP) is 1.90. The first-order valence-electron chi connectivity index (χ1n) is 8.30. The molecular weight excluding hydrogens is 362 g/mol. The molecular formula is C17H28ClN3O3S. The van der Waals surface area contributed by atoms with Crippen LogP contribution in [0.15, 0.2) is 29.2 Å². The molecule has 0 aromatic heterocycles. The van der Waals surface area contributed by atoms with Crippen molar-refractivity contribution in [1.82, 2.24) is 10.0 Å². The normalized spacial score (nSPS) is 16.8. The van der Waals surface area contributed by atoms with Crippen molar-refractivity contribution in [2.45, 2.75) is 44.0 Å². The monoisotopic (exact) mass is 389 g/mol. The van der Waals surface area contributed by atoms with Crippen molar-refractivity contribution in [3.63, 3.8) is 0 Å². The lowest BCUT2D eigenvalue weighted by atomic mass is 9.95. The molecule has 1 aromatic rings. The zero-order valence-corrected chi connectivity index (χ0v) is 16.5. The third kappa shape index (κ3) is 5.67. The molecule has 1 unspecified atom stereocenters. The predicted molar refractivity (Wildman–Crippen MR) is 101 cm³/mol. The first kappa shape index (κ1) is 21.9. The summed E-state index contributed by atoms with van der Waals surface area (Å²) < 4.78 is 26.9. The van der Waals surface area contributed by atoms with E-state index in [0.717, 1.165) is 12.8 Å². The number of rotatable bonds is 8. The van der Waals surface area contributed by atoms with Crippen molar-refractivity contribution in [2.75, 3.05) is 13.1 Å². The molecule has 0 bridgehead atoms. The van der Waals surface area contributed by atoms with Crippen LogP contribution in [0.4, 0.5) is 0 Å². The number of amides is 1. The van der Waals surface area contributed by atoms with Gasteiger partial charge >= 0.3 is 0 Å². The molecule has 0 heterocycles. The van der Waals surface area contributed by atoms with Gasteiger partial charge in [-0.2, -0.15) is 0 Å². The molecule has 1 aliphatic carbocycles. The molecule has 1 aromatic carbocycles. The summed E-state index contributed by atoms with van der Waals surface area (Å²) in [6.45, 7) is 6.58. The van der Waals surface area contributed by atoms with Gasteiger partial charge in [0.2, 0.25) is 10.0 Å². The highest BCUT2D eigenvalue weighted by molar-refractivity contribution is 7.89. The van der Waals surface area contributed by atoms with E-state index in [4.69, 9.17) is 5.73 Å². The molecule has 2 rings (SSSR count). The standard InChI is InChI=1S/C17H27N3O3S.ClH/c1-12(2)10-19-24(22,23)15-8-4-13(5-9-15)16(21)20-17(3,11-18)14-6-7-14;/h4-5,8-9,12,14,19H,6-7,10-11,18H2,1-3H3,(H,20,21);1H. The Morgan fingerprint density at radius 3 is 2.28 bits per heavy atom. The smallest absolute Gasteiger partial charge is 0.251 e. The highest BCUT2D eigenvalue weighted by Gasteiger charge is 2.41. The van der Waals surface area contributed by atoms with Gasteiger partial charge in [-0.1, -0.05) is 13.8 Å². The number of carbonyl (C=O) groups is 1. The highest BCUT2D eigenvalue weighted by atomic mass is 35.5. The molecule has 1 atom stereocenters. The minimum absolute atomic E-state index is 0. The number of benzene rings is 1. The van der Waals surface area contributed by atoms with Crippen LogP contribution in [-0.4, -0.2) is 33.0 Å². The quantitative estimate of drug-likeness (QED) is 0.631. The summed E-state index contributed by atoms with van der Waals surface area (Å²) in [4.78, 5) is 12.6. The molecule has 1 fully saturated rings. The second kappa shape index (κ2) is 8.49. The van der Waals surface area contributed by atoms with Gasteiger partial charge in [0.1, 0.15) is 0 Å². The Morgan fingerprint density at radius 2 is 1.84 bits per heavy atom. The van der Waals surface area contributed by atoms with E-state index in [1.165, 1.54) is 24.3 Å². The number of halogens is 1. The van der Waals surface area contributed by atoms with E-state index in [-0.39, 0.29) is 29.1 Å². The maximum absolute atomic E-state index is 12.4. The van der Waals surface area contributed by atoms with Crippen molar-refractivity contribution in [3.05, 3.63) is 29.8 Å². The Balaban J connectivity index is 0.00000312. The largest absolute Gasteiger partial charge is 0.345 e. The third-order valence-electron chi connectivity index (χ3n) is 4.41. The first-order valence-corrected chi connectivity index (χ1v) is 9.78. The molecule has 0 saturated heterocycles. The van der Waals surface area contributed by atoms with Crippen molar-refractivity contribution in [2.24, 2.45) is 17.6 Å². The Kier molecular flexibility index (Phi) is 7.43. The van der Waals surface area contributed by atoms with Crippen LogP contribution in [0.1, 0.15) is 44.0 Å². The Morgan fingerprint density at radius 1 is 1.28 bits per heavy atom. The molecule has 1 amide bonds.